The lowest BCUT2D eigenvalue weighted by Crippen LogP contribution is -2.21. The molecule has 3 rings (SSSR count). The van der Waals surface area contributed by atoms with Gasteiger partial charge in [-0.15, -0.1) is 10.2 Å². The third-order valence-corrected chi connectivity index (χ3v) is 3.47. The molecule has 0 aliphatic carbocycles. The first-order valence-corrected chi connectivity index (χ1v) is 7.06. The van der Waals surface area contributed by atoms with Gasteiger partial charge in [-0.25, -0.2) is 0 Å². The van der Waals surface area contributed by atoms with Crippen LogP contribution < -0.4 is 5.32 Å². The van der Waals surface area contributed by atoms with E-state index >= 15 is 0 Å². The minimum absolute atomic E-state index is 0.365. The SMILES string of the molecule is Cc1ccc(-c2nnco2)cc1NC(=O)C(O)c1ccccc1. The Hall–Kier alpha value is -2.99. The molecule has 1 atom stereocenters. The van der Waals surface area contributed by atoms with E-state index in [4.69, 9.17) is 4.42 Å². The van der Waals surface area contributed by atoms with E-state index in [0.29, 0.717) is 22.7 Å². The Morgan fingerprint density at radius 1 is 1.22 bits per heavy atom. The van der Waals surface area contributed by atoms with Crippen LogP contribution in [0.1, 0.15) is 17.2 Å². The standard InChI is InChI=1S/C17H15N3O3/c1-11-7-8-13(17-20-18-10-23-17)9-14(11)19-16(22)15(21)12-5-3-2-4-6-12/h2-10,15,21H,1H3,(H,19,22). The second-order valence-corrected chi connectivity index (χ2v) is 5.08. The third kappa shape index (κ3) is 3.27. The molecule has 0 aliphatic rings. The molecule has 0 aliphatic heterocycles. The van der Waals surface area contributed by atoms with Crippen LogP contribution in [-0.2, 0) is 4.79 Å². The van der Waals surface area contributed by atoms with E-state index < -0.39 is 12.0 Å². The summed E-state index contributed by atoms with van der Waals surface area (Å²) >= 11 is 0. The van der Waals surface area contributed by atoms with Gasteiger partial charge in [0.05, 0.1) is 0 Å². The first-order valence-electron chi connectivity index (χ1n) is 7.06. The van der Waals surface area contributed by atoms with E-state index in [9.17, 15) is 9.90 Å². The number of anilines is 1. The van der Waals surface area contributed by atoms with Crippen LogP contribution in [0.25, 0.3) is 11.5 Å². The molecule has 1 aromatic heterocycles. The van der Waals surface area contributed by atoms with Crippen LogP contribution in [0.5, 0.6) is 0 Å². The second-order valence-electron chi connectivity index (χ2n) is 5.08. The highest BCUT2D eigenvalue weighted by molar-refractivity contribution is 5.95. The zero-order valence-electron chi connectivity index (χ0n) is 12.4. The quantitative estimate of drug-likeness (QED) is 0.773. The van der Waals surface area contributed by atoms with Crippen LogP contribution in [0.15, 0.2) is 59.3 Å². The average Bonchev–Trinajstić information content (AvgIpc) is 3.11. The molecule has 1 heterocycles. The maximum atomic E-state index is 12.3. The number of carbonyl (C=O) groups excluding carboxylic acids is 1. The zero-order chi connectivity index (χ0) is 16.2. The summed E-state index contributed by atoms with van der Waals surface area (Å²) in [5, 5.41) is 20.3. The molecule has 0 spiro atoms. The van der Waals surface area contributed by atoms with Crippen molar-refractivity contribution in [3.63, 3.8) is 0 Å². The molecule has 0 fully saturated rings. The van der Waals surface area contributed by atoms with Crippen molar-refractivity contribution in [2.45, 2.75) is 13.0 Å². The normalized spacial score (nSPS) is 11.9. The number of aliphatic hydroxyl groups is 1. The number of carbonyl (C=O) groups is 1. The first-order chi connectivity index (χ1) is 11.1. The molecule has 1 amide bonds. The van der Waals surface area contributed by atoms with Crippen molar-refractivity contribution >= 4 is 11.6 Å². The predicted molar refractivity (Wildman–Crippen MR) is 84.5 cm³/mol. The maximum absolute atomic E-state index is 12.3. The summed E-state index contributed by atoms with van der Waals surface area (Å²) < 4.78 is 5.15. The van der Waals surface area contributed by atoms with Gasteiger partial charge in [0, 0.05) is 11.3 Å². The molecule has 2 aromatic carbocycles. The highest BCUT2D eigenvalue weighted by Gasteiger charge is 2.18. The van der Waals surface area contributed by atoms with Crippen molar-refractivity contribution in [2.75, 3.05) is 5.32 Å². The van der Waals surface area contributed by atoms with Gasteiger partial charge >= 0.3 is 0 Å². The smallest absolute Gasteiger partial charge is 0.257 e. The number of aliphatic hydroxyl groups excluding tert-OH is 1. The molecule has 6 heteroatoms. The highest BCUT2D eigenvalue weighted by Crippen LogP contribution is 2.25. The van der Waals surface area contributed by atoms with Crippen LogP contribution in [0, 0.1) is 6.92 Å². The molecule has 23 heavy (non-hydrogen) atoms. The molecular weight excluding hydrogens is 294 g/mol. The lowest BCUT2D eigenvalue weighted by Gasteiger charge is -2.13. The molecule has 2 N–H and O–H groups in total. The number of hydrogen-bond acceptors (Lipinski definition) is 5. The summed E-state index contributed by atoms with van der Waals surface area (Å²) in [4.78, 5) is 12.3. The van der Waals surface area contributed by atoms with Crippen LogP contribution in [0.3, 0.4) is 0 Å². The van der Waals surface area contributed by atoms with E-state index in [1.165, 1.54) is 6.39 Å². The van der Waals surface area contributed by atoms with E-state index in [2.05, 4.69) is 15.5 Å². The number of amides is 1. The Bertz CT molecular complexity index is 801. The number of aryl methyl sites for hydroxylation is 1. The first kappa shape index (κ1) is 14.9. The van der Waals surface area contributed by atoms with Crippen molar-refractivity contribution < 1.29 is 14.3 Å². The van der Waals surface area contributed by atoms with Gasteiger partial charge < -0.3 is 14.8 Å². The molecule has 3 aromatic rings. The Kier molecular flexibility index (Phi) is 4.16. The molecule has 0 saturated heterocycles. The Morgan fingerprint density at radius 3 is 2.70 bits per heavy atom. The average molecular weight is 309 g/mol. The van der Waals surface area contributed by atoms with Crippen LogP contribution >= 0.6 is 0 Å². The zero-order valence-corrected chi connectivity index (χ0v) is 12.4. The molecule has 0 bridgehead atoms. The summed E-state index contributed by atoms with van der Waals surface area (Å²) in [5.74, 6) is -0.133. The van der Waals surface area contributed by atoms with Crippen molar-refractivity contribution in [3.05, 3.63) is 66.1 Å². The molecule has 1 unspecified atom stereocenters. The summed E-state index contributed by atoms with van der Waals surface area (Å²) in [6.07, 6.45) is 0.00901. The lowest BCUT2D eigenvalue weighted by atomic mass is 10.1. The molecule has 6 nitrogen and oxygen atoms in total. The van der Waals surface area contributed by atoms with Crippen LogP contribution in [-0.4, -0.2) is 21.2 Å². The van der Waals surface area contributed by atoms with Crippen molar-refractivity contribution in [1.29, 1.82) is 0 Å². The fraction of sp³-hybridized carbons (Fsp3) is 0.118. The Balaban J connectivity index is 1.82. The predicted octanol–water partition coefficient (Wildman–Crippen LogP) is 2.72. The number of rotatable bonds is 4. The van der Waals surface area contributed by atoms with Gasteiger partial charge in [0.15, 0.2) is 6.10 Å². The van der Waals surface area contributed by atoms with E-state index in [0.717, 1.165) is 5.56 Å². The fourth-order valence-corrected chi connectivity index (χ4v) is 2.18. The van der Waals surface area contributed by atoms with Crippen LogP contribution in [0.4, 0.5) is 5.69 Å². The van der Waals surface area contributed by atoms with Gasteiger partial charge in [0.1, 0.15) is 0 Å². The molecule has 0 saturated carbocycles. The summed E-state index contributed by atoms with van der Waals surface area (Å²) in [5.41, 5.74) is 2.68. The van der Waals surface area contributed by atoms with Gasteiger partial charge in [0.2, 0.25) is 12.3 Å². The second kappa shape index (κ2) is 6.41. The van der Waals surface area contributed by atoms with Gasteiger partial charge in [-0.1, -0.05) is 36.4 Å². The van der Waals surface area contributed by atoms with E-state index in [-0.39, 0.29) is 0 Å². The topological polar surface area (TPSA) is 88.3 Å². The number of hydrogen-bond donors (Lipinski definition) is 2. The Morgan fingerprint density at radius 2 is 2.00 bits per heavy atom. The molecule has 0 radical (unpaired) electrons. The minimum atomic E-state index is -1.23. The third-order valence-electron chi connectivity index (χ3n) is 3.47. The minimum Gasteiger partial charge on any atom is -0.423 e. The number of benzene rings is 2. The van der Waals surface area contributed by atoms with Crippen molar-refractivity contribution in [1.82, 2.24) is 10.2 Å². The van der Waals surface area contributed by atoms with Gasteiger partial charge in [-0.2, -0.15) is 0 Å². The molecule has 116 valence electrons. The number of aromatic nitrogens is 2. The highest BCUT2D eigenvalue weighted by atomic mass is 16.4. The van der Waals surface area contributed by atoms with Gasteiger partial charge in [-0.05, 0) is 30.2 Å². The van der Waals surface area contributed by atoms with Gasteiger partial charge in [0.25, 0.3) is 5.91 Å². The van der Waals surface area contributed by atoms with Crippen molar-refractivity contribution in [2.24, 2.45) is 0 Å². The Labute approximate surface area is 132 Å². The van der Waals surface area contributed by atoms with E-state index in [1.807, 2.05) is 25.1 Å². The number of nitrogens with zero attached hydrogens (tertiary/aromatic N) is 2. The summed E-state index contributed by atoms with van der Waals surface area (Å²) in [6, 6.07) is 14.2. The van der Waals surface area contributed by atoms with E-state index in [1.54, 1.807) is 30.3 Å². The van der Waals surface area contributed by atoms with Crippen molar-refractivity contribution in [3.8, 4) is 11.5 Å². The lowest BCUT2D eigenvalue weighted by molar-refractivity contribution is -0.124. The summed E-state index contributed by atoms with van der Waals surface area (Å²) in [7, 11) is 0. The molecular formula is C17H15N3O3. The summed E-state index contributed by atoms with van der Waals surface area (Å²) in [6.45, 7) is 1.86. The number of nitrogens with one attached hydrogen (secondary N) is 1. The maximum Gasteiger partial charge on any atom is 0.257 e. The largest absolute Gasteiger partial charge is 0.423 e. The van der Waals surface area contributed by atoms with Crippen LogP contribution in [0.2, 0.25) is 0 Å². The van der Waals surface area contributed by atoms with Gasteiger partial charge in [-0.3, -0.25) is 4.79 Å². The fourth-order valence-electron chi connectivity index (χ4n) is 2.18. The monoisotopic (exact) mass is 309 g/mol.